The molecular weight excluding hydrogens is 707 g/mol. The molecule has 0 saturated heterocycles. The van der Waals surface area contributed by atoms with Gasteiger partial charge in [0.2, 0.25) is 0 Å². The van der Waals surface area contributed by atoms with Crippen LogP contribution in [0.3, 0.4) is 0 Å². The Hall–Kier alpha value is -3.24. The Bertz CT molecular complexity index is 1570. The monoisotopic (exact) mass is 748 g/mol. The molecule has 0 aliphatic carbocycles. The van der Waals surface area contributed by atoms with Crippen molar-refractivity contribution in [1.82, 2.24) is 15.0 Å². The summed E-state index contributed by atoms with van der Waals surface area (Å²) in [6, 6.07) is 32.9. The first-order chi connectivity index (χ1) is 19.4. The minimum absolute atomic E-state index is 0. The van der Waals surface area contributed by atoms with E-state index in [4.69, 9.17) is 4.98 Å². The van der Waals surface area contributed by atoms with Crippen molar-refractivity contribution in [2.45, 2.75) is 60.7 Å². The van der Waals surface area contributed by atoms with Crippen LogP contribution in [-0.2, 0) is 26.5 Å². The molecule has 0 unspecified atom stereocenters. The molecule has 2 aromatic carbocycles. The number of rotatable bonds is 5. The second-order valence-electron chi connectivity index (χ2n) is 12.8. The van der Waals surface area contributed by atoms with Gasteiger partial charge in [0.25, 0.3) is 0 Å². The largest absolute Gasteiger partial charge is 0.305 e. The van der Waals surface area contributed by atoms with Crippen molar-refractivity contribution in [2.24, 2.45) is 5.41 Å². The van der Waals surface area contributed by atoms with E-state index in [0.717, 1.165) is 51.5 Å². The van der Waals surface area contributed by atoms with Crippen molar-refractivity contribution in [1.29, 1.82) is 0 Å². The maximum absolute atomic E-state index is 4.71. The molecule has 5 rings (SSSR count). The molecule has 219 valence electrons. The zero-order valence-electron chi connectivity index (χ0n) is 26.0. The van der Waals surface area contributed by atoms with Gasteiger partial charge in [0.05, 0.1) is 8.07 Å². The third-order valence-electron chi connectivity index (χ3n) is 6.79. The van der Waals surface area contributed by atoms with E-state index in [1.165, 1.54) is 10.8 Å². The van der Waals surface area contributed by atoms with Crippen molar-refractivity contribution in [3.63, 3.8) is 0 Å². The molecule has 0 aliphatic rings. The van der Waals surface area contributed by atoms with E-state index in [9.17, 15) is 0 Å². The topological polar surface area (TPSA) is 38.7 Å². The van der Waals surface area contributed by atoms with Gasteiger partial charge in [0, 0.05) is 55.0 Å². The van der Waals surface area contributed by atoms with Crippen LogP contribution in [0, 0.1) is 31.4 Å². The SMILES string of the molecule is CC(C)(C)Cc1cc(-c2[c-]cccc2)ncc1[Si](C)(C)C.Cc1ccc(-c2ccc(-c3[c-]cccc3)nc2)c(C)n1.[Ir]. The van der Waals surface area contributed by atoms with Crippen LogP contribution < -0.4 is 5.19 Å². The summed E-state index contributed by atoms with van der Waals surface area (Å²) in [5, 5.41) is 1.48. The third kappa shape index (κ3) is 9.13. The summed E-state index contributed by atoms with van der Waals surface area (Å²) in [5.74, 6) is 0. The molecule has 0 atom stereocenters. The van der Waals surface area contributed by atoms with E-state index >= 15 is 0 Å². The number of aryl methyl sites for hydroxylation is 2. The minimum atomic E-state index is -1.37. The molecule has 42 heavy (non-hydrogen) atoms. The molecule has 5 heteroatoms. The van der Waals surface area contributed by atoms with Gasteiger partial charge in [-0.1, -0.05) is 70.2 Å². The molecule has 3 aromatic heterocycles. The van der Waals surface area contributed by atoms with Crippen LogP contribution in [0.2, 0.25) is 19.6 Å². The predicted octanol–water partition coefficient (Wildman–Crippen LogP) is 8.91. The van der Waals surface area contributed by atoms with Gasteiger partial charge in [-0.05, 0) is 48.3 Å². The van der Waals surface area contributed by atoms with Gasteiger partial charge in [-0.2, -0.15) is 0 Å². The number of benzene rings is 2. The fourth-order valence-electron chi connectivity index (χ4n) is 4.85. The summed E-state index contributed by atoms with van der Waals surface area (Å²) in [4.78, 5) is 13.7. The summed E-state index contributed by atoms with van der Waals surface area (Å²) >= 11 is 0. The quantitative estimate of drug-likeness (QED) is 0.133. The second-order valence-corrected chi connectivity index (χ2v) is 17.8. The van der Waals surface area contributed by atoms with Gasteiger partial charge in [-0.15, -0.1) is 71.8 Å². The van der Waals surface area contributed by atoms with Gasteiger partial charge >= 0.3 is 0 Å². The predicted molar refractivity (Wildman–Crippen MR) is 176 cm³/mol. The standard InChI is InChI=1S/C19H26NSi.C18H15N2.Ir/c1-19(2,3)13-16-12-17(15-10-8-7-9-11-15)20-14-18(16)21(4,5)6;1-13-8-10-17(14(2)20-13)16-9-11-18(19-12-16)15-6-4-3-5-7-15;/h7-10,12,14H,13H2,1-6H3;3-6,8-12H,1-2H3;/q2*-1;. The molecule has 1 radical (unpaired) electrons. The van der Waals surface area contributed by atoms with Gasteiger partial charge < -0.3 is 9.97 Å². The summed E-state index contributed by atoms with van der Waals surface area (Å²) in [5.41, 5.74) is 10.1. The van der Waals surface area contributed by atoms with Gasteiger partial charge in [0.1, 0.15) is 0 Å². The Morgan fingerprint density at radius 1 is 0.738 bits per heavy atom. The minimum Gasteiger partial charge on any atom is -0.305 e. The molecule has 5 aromatic rings. The maximum atomic E-state index is 4.71. The van der Waals surface area contributed by atoms with Crippen molar-refractivity contribution in [2.75, 3.05) is 0 Å². The Balaban J connectivity index is 0.000000225. The molecule has 0 bridgehead atoms. The average Bonchev–Trinajstić information content (AvgIpc) is 2.93. The van der Waals surface area contributed by atoms with Gasteiger partial charge in [0.15, 0.2) is 0 Å². The van der Waals surface area contributed by atoms with Crippen LogP contribution in [0.15, 0.2) is 91.3 Å². The first-order valence-corrected chi connectivity index (χ1v) is 17.7. The van der Waals surface area contributed by atoms with Crippen LogP contribution in [0.4, 0.5) is 0 Å². The second kappa shape index (κ2) is 14.3. The van der Waals surface area contributed by atoms with Gasteiger partial charge in [-0.25, -0.2) is 0 Å². The van der Waals surface area contributed by atoms with Crippen molar-refractivity contribution in [3.05, 3.63) is 120 Å². The zero-order valence-corrected chi connectivity index (χ0v) is 29.4. The van der Waals surface area contributed by atoms with E-state index < -0.39 is 8.07 Å². The van der Waals surface area contributed by atoms with Crippen LogP contribution in [0.25, 0.3) is 33.6 Å². The molecular formula is C37H41IrN3Si-2. The maximum Gasteiger partial charge on any atom is 0.0798 e. The Kier molecular flexibility index (Phi) is 11.3. The van der Waals surface area contributed by atoms with Crippen LogP contribution >= 0.6 is 0 Å². The molecule has 0 fully saturated rings. The zero-order chi connectivity index (χ0) is 29.6. The smallest absolute Gasteiger partial charge is 0.0798 e. The normalized spacial score (nSPS) is 11.2. The van der Waals surface area contributed by atoms with E-state index in [1.54, 1.807) is 0 Å². The van der Waals surface area contributed by atoms with E-state index in [1.807, 2.05) is 74.6 Å². The third-order valence-corrected chi connectivity index (χ3v) is 8.85. The molecule has 3 nitrogen and oxygen atoms in total. The Labute approximate surface area is 267 Å². The first-order valence-electron chi connectivity index (χ1n) is 14.2. The van der Waals surface area contributed by atoms with Crippen molar-refractivity contribution >= 4 is 13.3 Å². The number of hydrogen-bond donors (Lipinski definition) is 0. The average molecular weight is 748 g/mol. The van der Waals surface area contributed by atoms with Crippen LogP contribution in [-0.4, -0.2) is 23.0 Å². The fourth-order valence-corrected chi connectivity index (χ4v) is 6.42. The van der Waals surface area contributed by atoms with E-state index in [-0.39, 0.29) is 25.5 Å². The molecule has 0 aliphatic heterocycles. The summed E-state index contributed by atoms with van der Waals surface area (Å²) in [7, 11) is -1.37. The van der Waals surface area contributed by atoms with Gasteiger partial charge in [-0.3, -0.25) is 4.98 Å². The molecule has 0 spiro atoms. The van der Waals surface area contributed by atoms with Crippen molar-refractivity contribution < 1.29 is 20.1 Å². The van der Waals surface area contributed by atoms with Crippen molar-refractivity contribution in [3.8, 4) is 33.6 Å². The van der Waals surface area contributed by atoms with Crippen LogP contribution in [0.5, 0.6) is 0 Å². The Morgan fingerprint density at radius 2 is 1.36 bits per heavy atom. The molecule has 0 N–H and O–H groups in total. The fraction of sp³-hybridized carbons (Fsp3) is 0.270. The number of pyridine rings is 3. The van der Waals surface area contributed by atoms with E-state index in [2.05, 4.69) is 93.0 Å². The first kappa shape index (κ1) is 33.3. The van der Waals surface area contributed by atoms with Crippen LogP contribution in [0.1, 0.15) is 37.7 Å². The number of aromatic nitrogens is 3. The van der Waals surface area contributed by atoms with E-state index in [0.29, 0.717) is 0 Å². The number of hydrogen-bond acceptors (Lipinski definition) is 3. The summed E-state index contributed by atoms with van der Waals surface area (Å²) < 4.78 is 0. The molecule has 0 amide bonds. The summed E-state index contributed by atoms with van der Waals surface area (Å²) in [6.07, 6.45) is 5.11. The molecule has 3 heterocycles. The Morgan fingerprint density at radius 3 is 1.86 bits per heavy atom. The molecule has 0 saturated carbocycles. The number of nitrogens with zero attached hydrogens (tertiary/aromatic N) is 3. The summed E-state index contributed by atoms with van der Waals surface area (Å²) in [6.45, 7) is 18.1.